The van der Waals surface area contributed by atoms with Crippen molar-refractivity contribution in [2.24, 2.45) is 0 Å². The molecule has 11 aromatic rings. The van der Waals surface area contributed by atoms with E-state index in [9.17, 15) is 0 Å². The van der Waals surface area contributed by atoms with Crippen LogP contribution in [0.1, 0.15) is 25.0 Å². The maximum Gasteiger partial charge on any atom is 0.136 e. The summed E-state index contributed by atoms with van der Waals surface area (Å²) in [5.41, 5.74) is 15.2. The molecule has 0 saturated carbocycles. The molecule has 0 spiro atoms. The van der Waals surface area contributed by atoms with Crippen LogP contribution in [0.2, 0.25) is 0 Å². The van der Waals surface area contributed by atoms with Gasteiger partial charge in [0.1, 0.15) is 11.2 Å². The van der Waals surface area contributed by atoms with E-state index in [1.807, 2.05) is 6.07 Å². The lowest BCUT2D eigenvalue weighted by molar-refractivity contribution is 0.660. The fourth-order valence-electron chi connectivity index (χ4n) is 9.98. The lowest BCUT2D eigenvalue weighted by Gasteiger charge is -2.28. The minimum absolute atomic E-state index is 0.112. The smallest absolute Gasteiger partial charge is 0.136 e. The number of furan rings is 1. The molecule has 12 rings (SSSR count). The van der Waals surface area contributed by atoms with Gasteiger partial charge in [0.05, 0.1) is 0 Å². The first-order chi connectivity index (χ1) is 29.0. The second-order valence-corrected chi connectivity index (χ2v) is 16.5. The van der Waals surface area contributed by atoms with Crippen molar-refractivity contribution < 1.29 is 4.42 Å². The molecule has 2 heteroatoms. The quantitative estimate of drug-likeness (QED) is 0.163. The van der Waals surface area contributed by atoms with Gasteiger partial charge in [0.15, 0.2) is 0 Å². The Morgan fingerprint density at radius 2 is 0.932 bits per heavy atom. The van der Waals surface area contributed by atoms with E-state index in [2.05, 4.69) is 213 Å². The van der Waals surface area contributed by atoms with Crippen molar-refractivity contribution in [3.63, 3.8) is 0 Å². The fourth-order valence-corrected chi connectivity index (χ4v) is 9.98. The molecule has 278 valence electrons. The molecule has 0 fully saturated rings. The standard InChI is InChI=1S/C57H39NO/c1-57(2)51-21-10-8-18-45(51)46-30-28-42(35-52(46)57)58(40-26-23-37(24-27-40)36-13-4-3-5-14-36)41-16-12-15-38(33-41)39-25-29-44-43-17-6-7-19-47(43)55-48(50(44)34-39)31-32-54-56(55)49-20-9-11-22-53(49)59-54/h3-35H,1-2H3. The molecule has 0 bridgehead atoms. The molecule has 1 heterocycles. The van der Waals surface area contributed by atoms with Gasteiger partial charge in [-0.05, 0) is 132 Å². The molecule has 0 aliphatic heterocycles. The molecule has 0 N–H and O–H groups in total. The van der Waals surface area contributed by atoms with Gasteiger partial charge in [0.2, 0.25) is 0 Å². The van der Waals surface area contributed by atoms with E-state index in [0.717, 1.165) is 33.6 Å². The molecule has 2 nitrogen and oxygen atoms in total. The first-order valence-corrected chi connectivity index (χ1v) is 20.5. The average molecular weight is 754 g/mol. The third kappa shape index (κ3) is 5.13. The number of rotatable bonds is 5. The molecular weight excluding hydrogens is 715 g/mol. The van der Waals surface area contributed by atoms with Crippen LogP contribution in [0.25, 0.3) is 87.6 Å². The number of fused-ring (bicyclic) bond motifs is 13. The highest BCUT2D eigenvalue weighted by molar-refractivity contribution is 6.34. The van der Waals surface area contributed by atoms with Crippen LogP contribution in [0, 0.1) is 0 Å². The summed E-state index contributed by atoms with van der Waals surface area (Å²) in [5, 5.41) is 9.79. The van der Waals surface area contributed by atoms with Gasteiger partial charge >= 0.3 is 0 Å². The van der Waals surface area contributed by atoms with Crippen molar-refractivity contribution in [3.8, 4) is 33.4 Å². The van der Waals surface area contributed by atoms with E-state index in [-0.39, 0.29) is 5.41 Å². The summed E-state index contributed by atoms with van der Waals surface area (Å²) in [4.78, 5) is 2.42. The summed E-state index contributed by atoms with van der Waals surface area (Å²) in [6, 6.07) is 73.2. The van der Waals surface area contributed by atoms with Gasteiger partial charge in [-0.25, -0.2) is 0 Å². The molecule has 1 aliphatic carbocycles. The largest absolute Gasteiger partial charge is 0.456 e. The number of hydrogen-bond donors (Lipinski definition) is 0. The van der Waals surface area contributed by atoms with Crippen molar-refractivity contribution in [2.75, 3.05) is 4.90 Å². The normalized spacial score (nSPS) is 13.1. The highest BCUT2D eigenvalue weighted by Crippen LogP contribution is 2.51. The van der Waals surface area contributed by atoms with Crippen LogP contribution in [0.15, 0.2) is 205 Å². The van der Waals surface area contributed by atoms with Crippen molar-refractivity contribution in [1.82, 2.24) is 0 Å². The second kappa shape index (κ2) is 12.8. The molecule has 59 heavy (non-hydrogen) atoms. The molecule has 0 unspecified atom stereocenters. The number of nitrogens with zero attached hydrogens (tertiary/aromatic N) is 1. The molecule has 1 aromatic heterocycles. The SMILES string of the molecule is CC1(C)c2ccccc2-c2ccc(N(c3ccc(-c4ccccc4)cc3)c3cccc(-c4ccc5c6ccccc6c6c(ccc7oc8ccccc8c76)c5c4)c3)cc21. The van der Waals surface area contributed by atoms with Gasteiger partial charge in [-0.15, -0.1) is 0 Å². The Bertz CT molecular complexity index is 3460. The van der Waals surface area contributed by atoms with Crippen LogP contribution in [-0.4, -0.2) is 0 Å². The minimum atomic E-state index is -0.112. The number of para-hydroxylation sites is 1. The molecule has 1 aliphatic rings. The van der Waals surface area contributed by atoms with Gasteiger partial charge in [0, 0.05) is 38.6 Å². The lowest BCUT2D eigenvalue weighted by Crippen LogP contribution is -2.16. The van der Waals surface area contributed by atoms with Crippen molar-refractivity contribution in [2.45, 2.75) is 19.3 Å². The Morgan fingerprint density at radius 3 is 1.80 bits per heavy atom. The highest BCUT2D eigenvalue weighted by Gasteiger charge is 2.35. The van der Waals surface area contributed by atoms with Gasteiger partial charge in [-0.2, -0.15) is 0 Å². The minimum Gasteiger partial charge on any atom is -0.456 e. The van der Waals surface area contributed by atoms with Crippen molar-refractivity contribution >= 4 is 71.3 Å². The third-order valence-corrected chi connectivity index (χ3v) is 12.8. The Labute approximate surface area is 343 Å². The summed E-state index contributed by atoms with van der Waals surface area (Å²) in [7, 11) is 0. The van der Waals surface area contributed by atoms with E-state index in [1.165, 1.54) is 82.2 Å². The zero-order valence-corrected chi connectivity index (χ0v) is 32.9. The number of hydrogen-bond acceptors (Lipinski definition) is 2. The van der Waals surface area contributed by atoms with Crippen LogP contribution < -0.4 is 4.90 Å². The average Bonchev–Trinajstić information content (AvgIpc) is 3.79. The predicted molar refractivity (Wildman–Crippen MR) is 249 cm³/mol. The van der Waals surface area contributed by atoms with Gasteiger partial charge < -0.3 is 9.32 Å². The summed E-state index contributed by atoms with van der Waals surface area (Å²) < 4.78 is 6.40. The zero-order chi connectivity index (χ0) is 39.2. The van der Waals surface area contributed by atoms with E-state index < -0.39 is 0 Å². The molecule has 0 saturated heterocycles. The predicted octanol–water partition coefficient (Wildman–Crippen LogP) is 16.2. The molecule has 10 aromatic carbocycles. The van der Waals surface area contributed by atoms with Crippen molar-refractivity contribution in [3.05, 3.63) is 211 Å². The molecule has 0 amide bonds. The van der Waals surface area contributed by atoms with Crippen LogP contribution in [0.4, 0.5) is 17.1 Å². The summed E-state index contributed by atoms with van der Waals surface area (Å²) in [6.45, 7) is 4.71. The fraction of sp³-hybridized carbons (Fsp3) is 0.0526. The molecular formula is C57H39NO. The highest BCUT2D eigenvalue weighted by atomic mass is 16.3. The van der Waals surface area contributed by atoms with Gasteiger partial charge in [-0.1, -0.05) is 153 Å². The van der Waals surface area contributed by atoms with Crippen LogP contribution in [-0.2, 0) is 5.41 Å². The van der Waals surface area contributed by atoms with Gasteiger partial charge in [-0.3, -0.25) is 0 Å². The third-order valence-electron chi connectivity index (χ3n) is 12.8. The first kappa shape index (κ1) is 33.7. The van der Waals surface area contributed by atoms with Crippen molar-refractivity contribution in [1.29, 1.82) is 0 Å². The van der Waals surface area contributed by atoms with E-state index in [0.29, 0.717) is 0 Å². The van der Waals surface area contributed by atoms with E-state index in [1.54, 1.807) is 0 Å². The van der Waals surface area contributed by atoms with Crippen LogP contribution in [0.5, 0.6) is 0 Å². The van der Waals surface area contributed by atoms with Crippen LogP contribution >= 0.6 is 0 Å². The van der Waals surface area contributed by atoms with E-state index in [4.69, 9.17) is 4.42 Å². The Hall–Kier alpha value is -7.42. The second-order valence-electron chi connectivity index (χ2n) is 16.5. The number of benzene rings is 10. The lowest BCUT2D eigenvalue weighted by atomic mass is 9.82. The zero-order valence-electron chi connectivity index (χ0n) is 32.9. The molecule has 0 radical (unpaired) electrons. The topological polar surface area (TPSA) is 16.4 Å². The summed E-state index contributed by atoms with van der Waals surface area (Å²) in [5.74, 6) is 0. The van der Waals surface area contributed by atoms with Crippen LogP contribution in [0.3, 0.4) is 0 Å². The molecule has 0 atom stereocenters. The Kier molecular flexibility index (Phi) is 7.31. The Morgan fingerprint density at radius 1 is 0.339 bits per heavy atom. The monoisotopic (exact) mass is 753 g/mol. The Balaban J connectivity index is 1.04. The van der Waals surface area contributed by atoms with E-state index >= 15 is 0 Å². The summed E-state index contributed by atoms with van der Waals surface area (Å²) in [6.07, 6.45) is 0. The maximum absolute atomic E-state index is 6.40. The summed E-state index contributed by atoms with van der Waals surface area (Å²) >= 11 is 0. The maximum atomic E-state index is 6.40. The first-order valence-electron chi connectivity index (χ1n) is 20.5. The van der Waals surface area contributed by atoms with Gasteiger partial charge in [0.25, 0.3) is 0 Å². The number of anilines is 3.